The molecule has 0 aliphatic carbocycles. The molecule has 0 radical (unpaired) electrons. The summed E-state index contributed by atoms with van der Waals surface area (Å²) in [4.78, 5) is 2.31. The Kier molecular flexibility index (Phi) is 6.70. The third kappa shape index (κ3) is 6.00. The minimum Gasteiger partial charge on any atom is -0.309 e. The van der Waals surface area contributed by atoms with Gasteiger partial charge in [-0.1, -0.05) is 38.8 Å². The van der Waals surface area contributed by atoms with Crippen molar-refractivity contribution in [2.24, 2.45) is 0 Å². The molecule has 1 unspecified atom stereocenters. The zero-order valence-electron chi connectivity index (χ0n) is 10.6. The molecule has 1 N–H and O–H groups in total. The first-order valence-corrected chi connectivity index (χ1v) is 7.46. The van der Waals surface area contributed by atoms with Crippen LogP contribution in [0.1, 0.15) is 19.4 Å². The molecule has 1 aromatic carbocycles. The van der Waals surface area contributed by atoms with Crippen molar-refractivity contribution in [2.75, 3.05) is 20.1 Å². The van der Waals surface area contributed by atoms with Crippen molar-refractivity contribution in [1.29, 1.82) is 0 Å². The zero-order chi connectivity index (χ0) is 12.8. The van der Waals surface area contributed by atoms with Gasteiger partial charge in [0.25, 0.3) is 0 Å². The van der Waals surface area contributed by atoms with Crippen LogP contribution in [0.2, 0.25) is 0 Å². The average molecular weight is 364 g/mol. The van der Waals surface area contributed by atoms with E-state index in [-0.39, 0.29) is 0 Å². The third-order valence-corrected chi connectivity index (χ3v) is 3.62. The minimum absolute atomic E-state index is 0.498. The van der Waals surface area contributed by atoms with Crippen LogP contribution in [0.25, 0.3) is 0 Å². The predicted octanol–water partition coefficient (Wildman–Crippen LogP) is 3.64. The topological polar surface area (TPSA) is 15.3 Å². The molecule has 0 spiro atoms. The molecule has 96 valence electrons. The van der Waals surface area contributed by atoms with Crippen LogP contribution >= 0.6 is 31.9 Å². The number of benzene rings is 1. The molecule has 0 aromatic heterocycles. The van der Waals surface area contributed by atoms with Crippen molar-refractivity contribution in [3.05, 3.63) is 32.7 Å². The summed E-state index contributed by atoms with van der Waals surface area (Å²) >= 11 is 7.01. The van der Waals surface area contributed by atoms with E-state index in [0.717, 1.165) is 28.6 Å². The number of nitrogens with one attached hydrogen (secondary N) is 1. The second-order valence-corrected chi connectivity index (χ2v) is 6.25. The normalized spacial score (nSPS) is 13.1. The van der Waals surface area contributed by atoms with Crippen LogP contribution in [-0.4, -0.2) is 31.1 Å². The van der Waals surface area contributed by atoms with Crippen LogP contribution in [0, 0.1) is 0 Å². The zero-order valence-corrected chi connectivity index (χ0v) is 13.8. The molecule has 0 amide bonds. The molecular formula is C13H20Br2N2. The van der Waals surface area contributed by atoms with Crippen molar-refractivity contribution in [3.8, 4) is 0 Å². The maximum Gasteiger partial charge on any atom is 0.0209 e. The Bertz CT molecular complexity index is 335. The van der Waals surface area contributed by atoms with E-state index < -0.39 is 0 Å². The number of rotatable bonds is 6. The van der Waals surface area contributed by atoms with E-state index in [2.05, 4.69) is 81.2 Å². The SMILES string of the molecule is CCN(C)CC(C)NCc1cc(Br)cc(Br)c1. The summed E-state index contributed by atoms with van der Waals surface area (Å²) < 4.78 is 2.23. The molecule has 0 fully saturated rings. The fourth-order valence-electron chi connectivity index (χ4n) is 1.67. The van der Waals surface area contributed by atoms with E-state index in [1.165, 1.54) is 5.56 Å². The van der Waals surface area contributed by atoms with E-state index in [9.17, 15) is 0 Å². The van der Waals surface area contributed by atoms with Gasteiger partial charge in [-0.15, -0.1) is 0 Å². The average Bonchev–Trinajstić information content (AvgIpc) is 2.25. The molecule has 0 aliphatic heterocycles. The lowest BCUT2D eigenvalue weighted by atomic mass is 10.2. The van der Waals surface area contributed by atoms with Gasteiger partial charge in [-0.3, -0.25) is 0 Å². The molecule has 4 heteroatoms. The van der Waals surface area contributed by atoms with Crippen molar-refractivity contribution in [1.82, 2.24) is 10.2 Å². The highest BCUT2D eigenvalue weighted by Crippen LogP contribution is 2.20. The quantitative estimate of drug-likeness (QED) is 0.829. The first-order valence-electron chi connectivity index (χ1n) is 5.88. The minimum atomic E-state index is 0.498. The first kappa shape index (κ1) is 15.2. The maximum atomic E-state index is 3.54. The number of nitrogens with zero attached hydrogens (tertiary/aromatic N) is 1. The van der Waals surface area contributed by atoms with E-state index in [1.54, 1.807) is 0 Å². The van der Waals surface area contributed by atoms with Gasteiger partial charge in [-0.05, 0) is 44.3 Å². The summed E-state index contributed by atoms with van der Waals surface area (Å²) in [6.45, 7) is 7.47. The van der Waals surface area contributed by atoms with Gasteiger partial charge in [0.2, 0.25) is 0 Å². The van der Waals surface area contributed by atoms with E-state index in [0.29, 0.717) is 6.04 Å². The molecule has 0 bridgehead atoms. The highest BCUT2D eigenvalue weighted by Gasteiger charge is 2.05. The van der Waals surface area contributed by atoms with Crippen molar-refractivity contribution in [3.63, 3.8) is 0 Å². The van der Waals surface area contributed by atoms with Gasteiger partial charge < -0.3 is 10.2 Å². The van der Waals surface area contributed by atoms with Crippen LogP contribution in [0.4, 0.5) is 0 Å². The number of hydrogen-bond acceptors (Lipinski definition) is 2. The van der Waals surface area contributed by atoms with Crippen LogP contribution in [0.15, 0.2) is 27.1 Å². The van der Waals surface area contributed by atoms with Gasteiger partial charge in [-0.25, -0.2) is 0 Å². The Balaban J connectivity index is 2.44. The van der Waals surface area contributed by atoms with E-state index in [1.807, 2.05) is 0 Å². The van der Waals surface area contributed by atoms with Crippen molar-refractivity contribution < 1.29 is 0 Å². The van der Waals surface area contributed by atoms with Gasteiger partial charge in [0, 0.05) is 28.1 Å². The van der Waals surface area contributed by atoms with Crippen LogP contribution < -0.4 is 5.32 Å². The Morgan fingerprint density at radius 3 is 2.35 bits per heavy atom. The second-order valence-electron chi connectivity index (χ2n) is 4.41. The molecule has 1 rings (SSSR count). The van der Waals surface area contributed by atoms with Crippen LogP contribution in [0.3, 0.4) is 0 Å². The standard InChI is InChI=1S/C13H20Br2N2/c1-4-17(3)9-10(2)16-8-11-5-12(14)7-13(15)6-11/h5-7,10,16H,4,8-9H2,1-3H3. The Labute approximate surface area is 121 Å². The summed E-state index contributed by atoms with van der Waals surface area (Å²) in [5.41, 5.74) is 1.29. The molecule has 0 heterocycles. The molecule has 0 aliphatic rings. The molecule has 0 saturated carbocycles. The number of hydrogen-bond donors (Lipinski definition) is 1. The highest BCUT2D eigenvalue weighted by atomic mass is 79.9. The van der Waals surface area contributed by atoms with Crippen molar-refractivity contribution >= 4 is 31.9 Å². The monoisotopic (exact) mass is 362 g/mol. The van der Waals surface area contributed by atoms with E-state index in [4.69, 9.17) is 0 Å². The summed E-state index contributed by atoms with van der Waals surface area (Å²) in [6, 6.07) is 6.84. The lowest BCUT2D eigenvalue weighted by Crippen LogP contribution is -2.36. The second kappa shape index (κ2) is 7.52. The van der Waals surface area contributed by atoms with E-state index >= 15 is 0 Å². The van der Waals surface area contributed by atoms with Gasteiger partial charge >= 0.3 is 0 Å². The smallest absolute Gasteiger partial charge is 0.0209 e. The summed E-state index contributed by atoms with van der Waals surface area (Å²) in [6.07, 6.45) is 0. The Morgan fingerprint density at radius 2 is 1.82 bits per heavy atom. The largest absolute Gasteiger partial charge is 0.309 e. The van der Waals surface area contributed by atoms with Crippen LogP contribution in [-0.2, 0) is 6.54 Å². The Morgan fingerprint density at radius 1 is 1.24 bits per heavy atom. The number of likely N-dealkylation sites (N-methyl/N-ethyl adjacent to an activating group) is 1. The molecular weight excluding hydrogens is 344 g/mol. The van der Waals surface area contributed by atoms with Crippen LogP contribution in [0.5, 0.6) is 0 Å². The fraction of sp³-hybridized carbons (Fsp3) is 0.538. The van der Waals surface area contributed by atoms with Gasteiger partial charge in [0.15, 0.2) is 0 Å². The Hall–Kier alpha value is 0.1000. The van der Waals surface area contributed by atoms with Crippen molar-refractivity contribution in [2.45, 2.75) is 26.4 Å². The summed E-state index contributed by atoms with van der Waals surface area (Å²) in [5.74, 6) is 0. The summed E-state index contributed by atoms with van der Waals surface area (Å²) in [5, 5.41) is 3.54. The third-order valence-electron chi connectivity index (χ3n) is 2.70. The number of halogens is 2. The predicted molar refractivity (Wildman–Crippen MR) is 81.3 cm³/mol. The molecule has 1 atom stereocenters. The molecule has 0 saturated heterocycles. The van der Waals surface area contributed by atoms with Gasteiger partial charge in [0.05, 0.1) is 0 Å². The lowest BCUT2D eigenvalue weighted by molar-refractivity contribution is 0.309. The summed E-state index contributed by atoms with van der Waals surface area (Å²) in [7, 11) is 2.15. The first-order chi connectivity index (χ1) is 8.01. The maximum absolute atomic E-state index is 3.54. The van der Waals surface area contributed by atoms with Gasteiger partial charge in [0.1, 0.15) is 0 Å². The van der Waals surface area contributed by atoms with Gasteiger partial charge in [-0.2, -0.15) is 0 Å². The highest BCUT2D eigenvalue weighted by molar-refractivity contribution is 9.11. The fourth-order valence-corrected chi connectivity index (χ4v) is 3.05. The molecule has 1 aromatic rings. The molecule has 17 heavy (non-hydrogen) atoms. The lowest BCUT2D eigenvalue weighted by Gasteiger charge is -2.20. The molecule has 2 nitrogen and oxygen atoms in total.